The third kappa shape index (κ3) is 17.8. The van der Waals surface area contributed by atoms with Crippen molar-refractivity contribution in [2.24, 2.45) is 7.05 Å². The van der Waals surface area contributed by atoms with Crippen LogP contribution in [-0.2, 0) is 48.2 Å². The molecule has 2 aliphatic rings. The summed E-state index contributed by atoms with van der Waals surface area (Å²) in [7, 11) is -8.60. The molecule has 0 aliphatic carbocycles. The lowest BCUT2D eigenvalue weighted by atomic mass is 10.0. The van der Waals surface area contributed by atoms with Crippen molar-refractivity contribution >= 4 is 87.5 Å². The van der Waals surface area contributed by atoms with E-state index in [0.29, 0.717) is 97.2 Å². The molecular weight excluding hydrogens is 1190 g/mol. The minimum Gasteiger partial charge on any atom is -0.497 e. The van der Waals surface area contributed by atoms with Crippen molar-refractivity contribution in [3.05, 3.63) is 186 Å². The van der Waals surface area contributed by atoms with E-state index in [2.05, 4.69) is 34.9 Å². The predicted molar refractivity (Wildman–Crippen MR) is 343 cm³/mol. The summed E-state index contributed by atoms with van der Waals surface area (Å²) in [5.74, 6) is 2.31. The largest absolute Gasteiger partial charge is 0.497 e. The van der Waals surface area contributed by atoms with Gasteiger partial charge in [-0.05, 0) is 108 Å². The number of pyridine rings is 1. The van der Waals surface area contributed by atoms with Gasteiger partial charge in [-0.25, -0.2) is 0 Å². The molecule has 0 radical (unpaired) electrons. The Morgan fingerprint density at radius 2 is 1.29 bits per heavy atom. The molecule has 0 saturated heterocycles. The summed E-state index contributed by atoms with van der Waals surface area (Å²) in [6, 6.07) is 46.5. The second-order valence-electron chi connectivity index (χ2n) is 20.6. The summed E-state index contributed by atoms with van der Waals surface area (Å²) < 4.78 is 123. The zero-order chi connectivity index (χ0) is 62.3. The van der Waals surface area contributed by atoms with Gasteiger partial charge in [0.25, 0.3) is 35.9 Å². The van der Waals surface area contributed by atoms with E-state index in [-0.39, 0.29) is 11.5 Å². The quantitative estimate of drug-likeness (QED) is 0.0235. The molecule has 0 bridgehead atoms. The number of oxazole rings is 1. The molecule has 10 rings (SSSR count). The molecule has 0 saturated carbocycles. The molecule has 4 heterocycles. The van der Waals surface area contributed by atoms with Gasteiger partial charge < -0.3 is 23.5 Å². The lowest BCUT2D eigenvalue weighted by molar-refractivity contribution is -0.673. The Kier molecular flexibility index (Phi) is 22.4. The van der Waals surface area contributed by atoms with Gasteiger partial charge in [0.05, 0.1) is 47.5 Å². The minimum atomic E-state index is -4.34. The van der Waals surface area contributed by atoms with Gasteiger partial charge in [-0.3, -0.25) is 14.0 Å². The highest BCUT2D eigenvalue weighted by Gasteiger charge is 2.32. The average Bonchev–Trinajstić information content (AvgIpc) is 1.89. The third-order valence-electron chi connectivity index (χ3n) is 14.3. The lowest BCUT2D eigenvalue weighted by Gasteiger charge is -2.19. The summed E-state index contributed by atoms with van der Waals surface area (Å²) in [4.78, 5) is 3.51. The number of ether oxygens (including phenoxy) is 3. The highest BCUT2D eigenvalue weighted by atomic mass is 35.5. The second kappa shape index (κ2) is 29.9. The van der Waals surface area contributed by atoms with Crippen LogP contribution in [0.25, 0.3) is 56.4 Å². The van der Waals surface area contributed by atoms with Crippen molar-refractivity contribution in [2.45, 2.75) is 79.2 Å². The molecule has 2 aliphatic heterocycles. The number of fused-ring (bicyclic) bond motifs is 4. The Hall–Kier alpha value is -7.60. The Labute approximate surface area is 515 Å². The van der Waals surface area contributed by atoms with Gasteiger partial charge in [0, 0.05) is 48.8 Å². The first-order chi connectivity index (χ1) is 41.7. The number of unbranched alkanes of at least 4 members (excludes halogenated alkanes) is 3. The molecule has 18 nitrogen and oxygen atoms in total. The van der Waals surface area contributed by atoms with Crippen LogP contribution in [0.15, 0.2) is 173 Å². The van der Waals surface area contributed by atoms with Gasteiger partial charge in [-0.2, -0.15) is 44.2 Å². The molecule has 3 N–H and O–H groups in total. The van der Waals surface area contributed by atoms with E-state index in [0.717, 1.165) is 61.4 Å². The van der Waals surface area contributed by atoms with E-state index < -0.39 is 36.2 Å². The monoisotopic (exact) mass is 1260 g/mol. The summed E-state index contributed by atoms with van der Waals surface area (Å²) in [5.41, 5.74) is 11.9. The topological polar surface area (TPSA) is 219 Å². The van der Waals surface area contributed by atoms with Crippen molar-refractivity contribution in [3.63, 3.8) is 0 Å². The van der Waals surface area contributed by atoms with Crippen LogP contribution in [0.2, 0.25) is 5.02 Å². The molecule has 0 atom stereocenters. The fourth-order valence-corrected chi connectivity index (χ4v) is 11.9. The number of aromatic nitrogens is 2. The van der Waals surface area contributed by atoms with Crippen LogP contribution in [0.3, 0.4) is 0 Å². The number of nitrogens with one attached hydrogen (secondary N) is 1. The number of anilines is 2. The molecule has 0 unspecified atom stereocenters. The Bertz CT molecular complexity index is 4140. The molecule has 0 amide bonds. The summed E-state index contributed by atoms with van der Waals surface area (Å²) in [6.07, 6.45) is 10.6. The maximum absolute atomic E-state index is 12.2. The maximum atomic E-state index is 12.2. The molecule has 22 heteroatoms. The predicted octanol–water partition coefficient (Wildman–Crippen LogP) is 13.1. The normalized spacial score (nSPS) is 14.1. The standard InChI is InChI=1S/C34H39N3O8S2.C27H23ClN2O5S.C4H10/c1-3-35-45-47(41,42)22-10-8-20-37-32-24-27(26-11-5-4-6-12-26)14-18-33(32)44-34(37)25-29-15-13-28-23-30(43-2)16-17-31(28)36(29)19-7-9-21-46(38,39)40;1-3-18(13-26-29(2)22-16-21(28)10-12-24(22)34-26)14-27-30(17-36(31,32)33)23-15-20(9-11-25(23)35-27)19-7-5-4-6-8-19;1-3-4-2/h4-6,11-18,23-25,35H,3,7-10,19-22H2,1-2H3;4-16H,3,17H2,1-2H3;3-4H2,1-2H3/p+2. The highest BCUT2D eigenvalue weighted by Crippen LogP contribution is 2.44. The lowest BCUT2D eigenvalue weighted by Crippen LogP contribution is -2.38. The summed E-state index contributed by atoms with van der Waals surface area (Å²) in [6.45, 7) is 9.46. The van der Waals surface area contributed by atoms with Gasteiger partial charge in [0.15, 0.2) is 17.4 Å². The van der Waals surface area contributed by atoms with Gasteiger partial charge in [-0.1, -0.05) is 125 Å². The van der Waals surface area contributed by atoms with Crippen LogP contribution in [-0.4, -0.2) is 71.9 Å². The first kappa shape index (κ1) is 65.4. The fourth-order valence-electron chi connectivity index (χ4n) is 9.63. The molecular formula is C65H74ClN5O13S3+2. The average molecular weight is 1260 g/mol. The molecule has 0 fully saturated rings. The SMILES string of the molecule is CCC(=Cc1oc2ccc(Cl)cc2[n+]1C)C=C1Oc2ccc(-c3ccccc3)cc2N1CS(=O)(=O)O.CCCC.CCNOS(=O)(=O)CCCCN1/C(=C/c2ccc3cc(OC)ccc3[n+]2CCCCS(=O)(=O)O)Oc2ccc(-c3ccccc3)cc21. The van der Waals surface area contributed by atoms with Crippen molar-refractivity contribution < 1.29 is 66.4 Å². The Balaban J connectivity index is 0.000000219. The van der Waals surface area contributed by atoms with E-state index in [9.17, 15) is 34.4 Å². The smallest absolute Gasteiger partial charge is 0.374 e. The third-order valence-corrected chi connectivity index (χ3v) is 17.0. The first-order valence-corrected chi connectivity index (χ1v) is 33.9. The number of nitrogens with zero attached hydrogens (tertiary/aromatic N) is 4. The van der Waals surface area contributed by atoms with E-state index >= 15 is 0 Å². The van der Waals surface area contributed by atoms with Crippen molar-refractivity contribution in [3.8, 4) is 39.5 Å². The number of benzene rings is 6. The van der Waals surface area contributed by atoms with E-state index in [1.165, 1.54) is 17.7 Å². The van der Waals surface area contributed by atoms with E-state index in [4.69, 9.17) is 34.5 Å². The Morgan fingerprint density at radius 1 is 0.655 bits per heavy atom. The van der Waals surface area contributed by atoms with Gasteiger partial charge in [0.2, 0.25) is 28.6 Å². The molecule has 87 heavy (non-hydrogen) atoms. The van der Waals surface area contributed by atoms with Crippen LogP contribution in [0.1, 0.15) is 84.2 Å². The number of aryl methyl sites for hydroxylation is 2. The number of rotatable bonds is 23. The number of allylic oxidation sites excluding steroid dienone is 2. The van der Waals surface area contributed by atoms with Crippen LogP contribution in [0, 0.1) is 0 Å². The van der Waals surface area contributed by atoms with Gasteiger partial charge in [0.1, 0.15) is 19.3 Å². The van der Waals surface area contributed by atoms with Crippen molar-refractivity contribution in [2.75, 3.05) is 47.4 Å². The van der Waals surface area contributed by atoms with E-state index in [1.807, 2.05) is 158 Å². The van der Waals surface area contributed by atoms with Crippen LogP contribution in [0.5, 0.6) is 17.2 Å². The molecule has 460 valence electrons. The molecule has 6 aromatic carbocycles. The van der Waals surface area contributed by atoms with Crippen LogP contribution in [0.4, 0.5) is 11.4 Å². The molecule has 0 spiro atoms. The van der Waals surface area contributed by atoms with E-state index in [1.54, 1.807) is 32.2 Å². The first-order valence-electron chi connectivity index (χ1n) is 28.8. The number of methoxy groups -OCH3 is 1. The number of hydrogen-bond acceptors (Lipinski definition) is 14. The van der Waals surface area contributed by atoms with Gasteiger partial charge in [-0.15, -0.1) is 0 Å². The number of halogens is 1. The number of hydroxylamine groups is 1. The van der Waals surface area contributed by atoms with Crippen LogP contribution >= 0.6 is 11.6 Å². The Morgan fingerprint density at radius 3 is 1.89 bits per heavy atom. The molecule has 8 aromatic rings. The van der Waals surface area contributed by atoms with Gasteiger partial charge >= 0.3 is 5.89 Å². The van der Waals surface area contributed by atoms with Crippen LogP contribution < -0.4 is 38.6 Å². The minimum absolute atomic E-state index is 0.123. The zero-order valence-corrected chi connectivity index (χ0v) is 52.8. The number of hydrogen-bond donors (Lipinski definition) is 3. The summed E-state index contributed by atoms with van der Waals surface area (Å²) >= 11 is 6.14. The molecule has 2 aromatic heterocycles. The van der Waals surface area contributed by atoms with Crippen molar-refractivity contribution in [1.82, 2.24) is 5.48 Å². The summed E-state index contributed by atoms with van der Waals surface area (Å²) in [5, 5.41) is 1.56. The highest BCUT2D eigenvalue weighted by molar-refractivity contribution is 7.86. The fraction of sp³-hybridized carbons (Fsp3) is 0.292. The zero-order valence-electron chi connectivity index (χ0n) is 49.6. The van der Waals surface area contributed by atoms with Crippen molar-refractivity contribution in [1.29, 1.82) is 0 Å². The second-order valence-corrected chi connectivity index (χ2v) is 25.7. The maximum Gasteiger partial charge on any atom is 0.374 e.